The Morgan fingerprint density at radius 3 is 2.53 bits per heavy atom. The van der Waals surface area contributed by atoms with Crippen LogP contribution in [-0.4, -0.2) is 15.7 Å². The van der Waals surface area contributed by atoms with Crippen LogP contribution >= 0.6 is 0 Å². The SMILES string of the molecule is CCC(C)C(=O)CS(=O)c1ccc(F)c(F)c1. The molecule has 1 aromatic carbocycles. The lowest BCUT2D eigenvalue weighted by molar-refractivity contribution is -0.119. The van der Waals surface area contributed by atoms with Crippen molar-refractivity contribution in [3.8, 4) is 0 Å². The molecular formula is C12H14F2O2S. The number of Topliss-reactive ketones (excluding diaryl/α,β-unsaturated/α-hetero) is 1. The second kappa shape index (κ2) is 6.00. The number of carbonyl (C=O) groups excluding carboxylic acids is 1. The van der Waals surface area contributed by atoms with Gasteiger partial charge in [-0.25, -0.2) is 8.78 Å². The van der Waals surface area contributed by atoms with E-state index in [4.69, 9.17) is 0 Å². The van der Waals surface area contributed by atoms with E-state index in [1.165, 1.54) is 6.07 Å². The maximum Gasteiger partial charge on any atom is 0.160 e. The van der Waals surface area contributed by atoms with Crippen LogP contribution in [0, 0.1) is 17.6 Å². The van der Waals surface area contributed by atoms with Gasteiger partial charge in [-0.15, -0.1) is 0 Å². The number of hydrogen-bond acceptors (Lipinski definition) is 2. The standard InChI is InChI=1S/C12H14F2O2S/c1-3-8(2)12(15)7-17(16)9-4-5-10(13)11(14)6-9/h4-6,8H,3,7H2,1-2H3. The van der Waals surface area contributed by atoms with Crippen LogP contribution < -0.4 is 0 Å². The van der Waals surface area contributed by atoms with E-state index in [2.05, 4.69) is 0 Å². The Morgan fingerprint density at radius 2 is 2.00 bits per heavy atom. The Labute approximate surface area is 101 Å². The first-order chi connectivity index (χ1) is 7.95. The Balaban J connectivity index is 2.77. The van der Waals surface area contributed by atoms with E-state index >= 15 is 0 Å². The normalized spacial score (nSPS) is 14.4. The summed E-state index contributed by atoms with van der Waals surface area (Å²) in [7, 11) is -1.61. The zero-order valence-corrected chi connectivity index (χ0v) is 10.5. The van der Waals surface area contributed by atoms with Crippen molar-refractivity contribution >= 4 is 16.6 Å². The molecule has 94 valence electrons. The molecule has 5 heteroatoms. The largest absolute Gasteiger partial charge is 0.298 e. The highest BCUT2D eigenvalue weighted by molar-refractivity contribution is 7.85. The zero-order chi connectivity index (χ0) is 13.0. The number of halogens is 2. The Kier molecular flexibility index (Phi) is 4.93. The van der Waals surface area contributed by atoms with Crippen LogP contribution in [0.2, 0.25) is 0 Å². The molecule has 0 aliphatic rings. The van der Waals surface area contributed by atoms with Crippen LogP contribution in [0.1, 0.15) is 20.3 Å². The molecule has 0 heterocycles. The predicted octanol–water partition coefficient (Wildman–Crippen LogP) is 2.69. The van der Waals surface area contributed by atoms with Crippen LogP contribution in [0.25, 0.3) is 0 Å². The average molecular weight is 260 g/mol. The zero-order valence-electron chi connectivity index (χ0n) is 9.70. The molecule has 0 aliphatic heterocycles. The average Bonchev–Trinajstić information content (AvgIpc) is 2.31. The van der Waals surface area contributed by atoms with E-state index < -0.39 is 22.4 Å². The van der Waals surface area contributed by atoms with Gasteiger partial charge in [0.2, 0.25) is 0 Å². The molecule has 0 fully saturated rings. The van der Waals surface area contributed by atoms with Crippen LogP contribution in [0.5, 0.6) is 0 Å². The van der Waals surface area contributed by atoms with Crippen molar-refractivity contribution in [2.24, 2.45) is 5.92 Å². The van der Waals surface area contributed by atoms with Crippen molar-refractivity contribution in [3.05, 3.63) is 29.8 Å². The predicted molar refractivity (Wildman–Crippen MR) is 62.1 cm³/mol. The summed E-state index contributed by atoms with van der Waals surface area (Å²) in [6.45, 7) is 3.62. The van der Waals surface area contributed by atoms with Crippen molar-refractivity contribution in [1.82, 2.24) is 0 Å². The molecule has 1 aromatic rings. The van der Waals surface area contributed by atoms with Crippen molar-refractivity contribution in [3.63, 3.8) is 0 Å². The first-order valence-electron chi connectivity index (χ1n) is 5.31. The molecule has 1 rings (SSSR count). The van der Waals surface area contributed by atoms with Gasteiger partial charge in [-0.2, -0.15) is 0 Å². The summed E-state index contributed by atoms with van der Waals surface area (Å²) in [4.78, 5) is 11.7. The van der Waals surface area contributed by atoms with E-state index in [-0.39, 0.29) is 22.3 Å². The third-order valence-electron chi connectivity index (χ3n) is 2.59. The van der Waals surface area contributed by atoms with Crippen LogP contribution in [0.15, 0.2) is 23.1 Å². The number of benzene rings is 1. The number of ketones is 1. The molecule has 0 N–H and O–H groups in total. The molecule has 0 radical (unpaired) electrons. The van der Waals surface area contributed by atoms with Gasteiger partial charge in [-0.05, 0) is 24.6 Å². The first-order valence-corrected chi connectivity index (χ1v) is 6.63. The summed E-state index contributed by atoms with van der Waals surface area (Å²) in [5.74, 6) is -2.48. The topological polar surface area (TPSA) is 34.1 Å². The highest BCUT2D eigenvalue weighted by Gasteiger charge is 2.16. The molecule has 0 spiro atoms. The molecule has 0 amide bonds. The summed E-state index contributed by atoms with van der Waals surface area (Å²) < 4.78 is 37.3. The highest BCUT2D eigenvalue weighted by atomic mass is 32.2. The second-order valence-corrected chi connectivity index (χ2v) is 5.29. The van der Waals surface area contributed by atoms with Gasteiger partial charge in [0.1, 0.15) is 5.78 Å². The minimum absolute atomic E-state index is 0.129. The van der Waals surface area contributed by atoms with Gasteiger partial charge in [0, 0.05) is 10.8 Å². The summed E-state index contributed by atoms with van der Waals surface area (Å²) in [6, 6.07) is 3.02. The van der Waals surface area contributed by atoms with E-state index in [1.54, 1.807) is 6.92 Å². The minimum Gasteiger partial charge on any atom is -0.298 e. The highest BCUT2D eigenvalue weighted by Crippen LogP contribution is 2.14. The fourth-order valence-electron chi connectivity index (χ4n) is 1.20. The second-order valence-electron chi connectivity index (χ2n) is 3.84. The molecule has 0 aromatic heterocycles. The summed E-state index contributed by atoms with van der Waals surface area (Å²) in [5.41, 5.74) is 0. The van der Waals surface area contributed by atoms with E-state index in [9.17, 15) is 17.8 Å². The third kappa shape index (κ3) is 3.70. The van der Waals surface area contributed by atoms with Gasteiger partial charge in [-0.3, -0.25) is 9.00 Å². The monoisotopic (exact) mass is 260 g/mol. The van der Waals surface area contributed by atoms with Crippen molar-refractivity contribution < 1.29 is 17.8 Å². The molecule has 0 bridgehead atoms. The van der Waals surface area contributed by atoms with Gasteiger partial charge in [0.05, 0.1) is 16.6 Å². The van der Waals surface area contributed by atoms with Crippen molar-refractivity contribution in [2.45, 2.75) is 25.2 Å². The van der Waals surface area contributed by atoms with Crippen LogP contribution in [-0.2, 0) is 15.6 Å². The lowest BCUT2D eigenvalue weighted by atomic mass is 10.1. The Morgan fingerprint density at radius 1 is 1.35 bits per heavy atom. The summed E-state index contributed by atoms with van der Waals surface area (Å²) in [6.07, 6.45) is 0.674. The van der Waals surface area contributed by atoms with E-state index in [0.29, 0.717) is 6.42 Å². The van der Waals surface area contributed by atoms with Gasteiger partial charge in [-0.1, -0.05) is 13.8 Å². The molecule has 2 atom stereocenters. The third-order valence-corrected chi connectivity index (χ3v) is 3.92. The molecule has 0 saturated heterocycles. The summed E-state index contributed by atoms with van der Waals surface area (Å²) >= 11 is 0. The maximum absolute atomic E-state index is 12.9. The Hall–Kier alpha value is -1.10. The van der Waals surface area contributed by atoms with Gasteiger partial charge in [0.15, 0.2) is 11.6 Å². The molecular weight excluding hydrogens is 246 g/mol. The van der Waals surface area contributed by atoms with Crippen molar-refractivity contribution in [1.29, 1.82) is 0 Å². The lowest BCUT2D eigenvalue weighted by Crippen LogP contribution is -2.18. The van der Waals surface area contributed by atoms with Crippen LogP contribution in [0.4, 0.5) is 8.78 Å². The quantitative estimate of drug-likeness (QED) is 0.815. The van der Waals surface area contributed by atoms with Crippen LogP contribution in [0.3, 0.4) is 0 Å². The maximum atomic E-state index is 12.9. The molecule has 0 aliphatic carbocycles. The molecule has 2 unspecified atom stereocenters. The van der Waals surface area contributed by atoms with Gasteiger partial charge >= 0.3 is 0 Å². The molecule has 17 heavy (non-hydrogen) atoms. The number of hydrogen-bond donors (Lipinski definition) is 0. The summed E-state index contributed by atoms with van der Waals surface area (Å²) in [5, 5.41) is 0. The number of carbonyl (C=O) groups is 1. The molecule has 2 nitrogen and oxygen atoms in total. The van der Waals surface area contributed by atoms with Gasteiger partial charge < -0.3 is 0 Å². The van der Waals surface area contributed by atoms with E-state index in [1.807, 2.05) is 6.92 Å². The minimum atomic E-state index is -1.61. The Bertz CT molecular complexity index is 446. The molecule has 0 saturated carbocycles. The van der Waals surface area contributed by atoms with Crippen molar-refractivity contribution in [2.75, 3.05) is 5.75 Å². The van der Waals surface area contributed by atoms with Gasteiger partial charge in [0.25, 0.3) is 0 Å². The lowest BCUT2D eigenvalue weighted by Gasteiger charge is -2.07. The fourth-order valence-corrected chi connectivity index (χ4v) is 2.37. The first kappa shape index (κ1) is 14.0. The smallest absolute Gasteiger partial charge is 0.160 e. The fraction of sp³-hybridized carbons (Fsp3) is 0.417. The van der Waals surface area contributed by atoms with E-state index in [0.717, 1.165) is 12.1 Å². The number of rotatable bonds is 5.